The van der Waals surface area contributed by atoms with E-state index in [0.717, 1.165) is 10.6 Å². The molecule has 0 saturated carbocycles. The summed E-state index contributed by atoms with van der Waals surface area (Å²) in [6.07, 6.45) is 0. The number of benzene rings is 2. The Hall–Kier alpha value is -2.51. The zero-order valence-electron chi connectivity index (χ0n) is 12.2. The minimum absolute atomic E-state index is 0.179. The number of hydrogen-bond donors (Lipinski definition) is 0. The van der Waals surface area contributed by atoms with Crippen molar-refractivity contribution in [2.45, 2.75) is 6.61 Å². The summed E-state index contributed by atoms with van der Waals surface area (Å²) in [4.78, 5) is 0.655. The molecule has 2 aromatic heterocycles. The molecule has 0 aliphatic carbocycles. The number of aromatic nitrogens is 4. The molecule has 120 valence electrons. The van der Waals surface area contributed by atoms with Gasteiger partial charge in [0.1, 0.15) is 23.2 Å². The van der Waals surface area contributed by atoms with Crippen LogP contribution in [0.5, 0.6) is 5.75 Å². The van der Waals surface area contributed by atoms with E-state index in [0.29, 0.717) is 21.6 Å². The first-order chi connectivity index (χ1) is 11.7. The van der Waals surface area contributed by atoms with E-state index in [1.54, 1.807) is 16.6 Å². The molecule has 0 radical (unpaired) electrons. The maximum absolute atomic E-state index is 12.9. The molecule has 5 nitrogen and oxygen atoms in total. The van der Waals surface area contributed by atoms with Crippen LogP contribution in [0.2, 0.25) is 5.02 Å². The van der Waals surface area contributed by atoms with E-state index in [4.69, 9.17) is 16.3 Å². The van der Waals surface area contributed by atoms with Gasteiger partial charge in [0.15, 0.2) is 5.82 Å². The summed E-state index contributed by atoms with van der Waals surface area (Å²) in [6, 6.07) is 13.3. The molecule has 24 heavy (non-hydrogen) atoms. The number of hydrogen-bond acceptors (Lipinski definition) is 5. The van der Waals surface area contributed by atoms with Gasteiger partial charge in [-0.3, -0.25) is 0 Å². The Morgan fingerprint density at radius 2 is 1.88 bits per heavy atom. The monoisotopic (exact) mass is 360 g/mol. The van der Waals surface area contributed by atoms with E-state index in [1.807, 2.05) is 24.3 Å². The molecule has 8 heteroatoms. The van der Waals surface area contributed by atoms with Crippen LogP contribution in [0.25, 0.3) is 15.5 Å². The Labute approximate surface area is 145 Å². The molecule has 4 aromatic rings. The summed E-state index contributed by atoms with van der Waals surface area (Å²) >= 11 is 7.61. The lowest BCUT2D eigenvalue weighted by atomic mass is 10.2. The van der Waals surface area contributed by atoms with Crippen molar-refractivity contribution in [3.63, 3.8) is 0 Å². The van der Waals surface area contributed by atoms with E-state index in [-0.39, 0.29) is 12.4 Å². The fourth-order valence-corrected chi connectivity index (χ4v) is 3.35. The van der Waals surface area contributed by atoms with Gasteiger partial charge in [-0.1, -0.05) is 41.1 Å². The van der Waals surface area contributed by atoms with Crippen molar-refractivity contribution in [2.24, 2.45) is 0 Å². The molecule has 0 saturated heterocycles. The SMILES string of the molecule is Fc1ccc(OCc2nnc3sc(-c4ccccc4Cl)nn23)cc1. The molecule has 0 spiro atoms. The maximum atomic E-state index is 12.9. The lowest BCUT2D eigenvalue weighted by Crippen LogP contribution is -2.02. The fourth-order valence-electron chi connectivity index (χ4n) is 2.17. The molecule has 2 aromatic carbocycles. The molecule has 0 aliphatic heterocycles. The van der Waals surface area contributed by atoms with Crippen LogP contribution in [-0.2, 0) is 6.61 Å². The Balaban J connectivity index is 1.60. The second-order valence-electron chi connectivity index (χ2n) is 4.94. The molecule has 0 N–H and O–H groups in total. The van der Waals surface area contributed by atoms with Crippen molar-refractivity contribution >= 4 is 27.9 Å². The molecule has 2 heterocycles. The molecule has 0 unspecified atom stereocenters. The third-order valence-corrected chi connectivity index (χ3v) is 4.60. The lowest BCUT2D eigenvalue weighted by molar-refractivity contribution is 0.292. The van der Waals surface area contributed by atoms with E-state index < -0.39 is 0 Å². The highest BCUT2D eigenvalue weighted by Crippen LogP contribution is 2.31. The average molecular weight is 361 g/mol. The van der Waals surface area contributed by atoms with Gasteiger partial charge in [0.25, 0.3) is 0 Å². The highest BCUT2D eigenvalue weighted by Gasteiger charge is 2.15. The van der Waals surface area contributed by atoms with Crippen molar-refractivity contribution < 1.29 is 9.13 Å². The lowest BCUT2D eigenvalue weighted by Gasteiger charge is -2.03. The average Bonchev–Trinajstić information content (AvgIpc) is 3.16. The second kappa shape index (κ2) is 6.18. The van der Waals surface area contributed by atoms with Gasteiger partial charge in [-0.15, -0.1) is 10.2 Å². The predicted octanol–water partition coefficient (Wildman–Crippen LogP) is 4.22. The quantitative estimate of drug-likeness (QED) is 0.546. The molecule has 4 rings (SSSR count). The topological polar surface area (TPSA) is 52.3 Å². The van der Waals surface area contributed by atoms with Gasteiger partial charge in [-0.25, -0.2) is 4.39 Å². The minimum Gasteiger partial charge on any atom is -0.486 e. The van der Waals surface area contributed by atoms with Crippen molar-refractivity contribution in [1.82, 2.24) is 19.8 Å². The number of ether oxygens (including phenoxy) is 1. The number of fused-ring (bicyclic) bond motifs is 1. The maximum Gasteiger partial charge on any atom is 0.235 e. The second-order valence-corrected chi connectivity index (χ2v) is 6.30. The van der Waals surface area contributed by atoms with Crippen LogP contribution in [0.15, 0.2) is 48.5 Å². The van der Waals surface area contributed by atoms with Crippen LogP contribution in [-0.4, -0.2) is 19.8 Å². The summed E-state index contributed by atoms with van der Waals surface area (Å²) in [5.41, 5.74) is 0.847. The summed E-state index contributed by atoms with van der Waals surface area (Å²) in [5, 5.41) is 14.1. The van der Waals surface area contributed by atoms with Crippen LogP contribution < -0.4 is 4.74 Å². The van der Waals surface area contributed by atoms with Gasteiger partial charge in [-0.2, -0.15) is 9.61 Å². The summed E-state index contributed by atoms with van der Waals surface area (Å²) in [7, 11) is 0. The van der Waals surface area contributed by atoms with Gasteiger partial charge in [-0.05, 0) is 30.3 Å². The molecule has 0 atom stereocenters. The Morgan fingerprint density at radius 1 is 1.08 bits per heavy atom. The zero-order valence-corrected chi connectivity index (χ0v) is 13.8. The molecule has 0 bridgehead atoms. The van der Waals surface area contributed by atoms with Gasteiger partial charge in [0.2, 0.25) is 4.96 Å². The third kappa shape index (κ3) is 2.83. The Kier molecular flexibility index (Phi) is 3.87. The van der Waals surface area contributed by atoms with Gasteiger partial charge in [0, 0.05) is 5.56 Å². The van der Waals surface area contributed by atoms with Crippen LogP contribution in [0.4, 0.5) is 4.39 Å². The number of rotatable bonds is 4. The van der Waals surface area contributed by atoms with E-state index >= 15 is 0 Å². The summed E-state index contributed by atoms with van der Waals surface area (Å²) in [5.74, 6) is 0.801. The molecule has 0 amide bonds. The largest absolute Gasteiger partial charge is 0.486 e. The first kappa shape index (κ1) is 15.0. The Bertz CT molecular complexity index is 999. The first-order valence-electron chi connectivity index (χ1n) is 7.05. The molecule has 0 aliphatic rings. The number of halogens is 2. The first-order valence-corrected chi connectivity index (χ1v) is 8.24. The number of nitrogens with zero attached hydrogens (tertiary/aromatic N) is 4. The van der Waals surface area contributed by atoms with Crippen LogP contribution in [0, 0.1) is 5.82 Å². The zero-order chi connectivity index (χ0) is 16.5. The van der Waals surface area contributed by atoms with E-state index in [9.17, 15) is 4.39 Å². The minimum atomic E-state index is -0.309. The highest BCUT2D eigenvalue weighted by atomic mass is 35.5. The van der Waals surface area contributed by atoms with Crippen molar-refractivity contribution in [1.29, 1.82) is 0 Å². The van der Waals surface area contributed by atoms with Gasteiger partial charge in [0.05, 0.1) is 5.02 Å². The van der Waals surface area contributed by atoms with Crippen molar-refractivity contribution in [3.05, 3.63) is 65.2 Å². The summed E-state index contributed by atoms with van der Waals surface area (Å²) in [6.45, 7) is 0.179. The van der Waals surface area contributed by atoms with E-state index in [2.05, 4.69) is 15.3 Å². The molecular formula is C16H10ClFN4OS. The van der Waals surface area contributed by atoms with Crippen LogP contribution in [0.1, 0.15) is 5.82 Å². The van der Waals surface area contributed by atoms with Gasteiger partial charge >= 0.3 is 0 Å². The summed E-state index contributed by atoms with van der Waals surface area (Å²) < 4.78 is 20.1. The normalized spacial score (nSPS) is 11.1. The van der Waals surface area contributed by atoms with Crippen molar-refractivity contribution in [3.8, 4) is 16.3 Å². The third-order valence-electron chi connectivity index (χ3n) is 3.34. The van der Waals surface area contributed by atoms with E-state index in [1.165, 1.54) is 23.5 Å². The fraction of sp³-hybridized carbons (Fsp3) is 0.0625. The highest BCUT2D eigenvalue weighted by molar-refractivity contribution is 7.19. The Morgan fingerprint density at radius 3 is 2.67 bits per heavy atom. The smallest absolute Gasteiger partial charge is 0.235 e. The van der Waals surface area contributed by atoms with Crippen LogP contribution >= 0.6 is 22.9 Å². The molecule has 0 fully saturated rings. The molecular weight excluding hydrogens is 351 g/mol. The predicted molar refractivity (Wildman–Crippen MR) is 89.8 cm³/mol. The van der Waals surface area contributed by atoms with Gasteiger partial charge < -0.3 is 4.74 Å². The standard InChI is InChI=1S/C16H10ClFN4OS/c17-13-4-2-1-3-12(13)15-21-22-14(19-20-16(22)24-15)9-23-11-7-5-10(18)6-8-11/h1-8H,9H2. The van der Waals surface area contributed by atoms with Crippen LogP contribution in [0.3, 0.4) is 0 Å². The van der Waals surface area contributed by atoms with Crippen molar-refractivity contribution in [2.75, 3.05) is 0 Å².